The SMILES string of the molecule is CN1Cc2nn(C)cc2-c2cnc3c(c2)C(=NC3)c2cn(nc2C2CC2)CCCC1=O. The van der Waals surface area contributed by atoms with Crippen molar-refractivity contribution in [1.29, 1.82) is 0 Å². The van der Waals surface area contributed by atoms with Crippen LogP contribution in [-0.4, -0.2) is 48.1 Å². The molecule has 3 aliphatic rings. The Kier molecular flexibility index (Phi) is 4.09. The summed E-state index contributed by atoms with van der Waals surface area (Å²) in [6, 6.07) is 2.18. The molecular weight excluding hydrogens is 390 g/mol. The van der Waals surface area contributed by atoms with Crippen molar-refractivity contribution in [1.82, 2.24) is 29.4 Å². The van der Waals surface area contributed by atoms with Gasteiger partial charge in [0.2, 0.25) is 5.91 Å². The molecule has 1 amide bonds. The average molecular weight is 416 g/mol. The van der Waals surface area contributed by atoms with Gasteiger partial charge in [-0.15, -0.1) is 0 Å². The van der Waals surface area contributed by atoms with Crippen molar-refractivity contribution in [3.8, 4) is 11.1 Å². The van der Waals surface area contributed by atoms with Gasteiger partial charge in [-0.1, -0.05) is 0 Å². The molecule has 8 heteroatoms. The maximum Gasteiger partial charge on any atom is 0.222 e. The van der Waals surface area contributed by atoms with E-state index in [0.29, 0.717) is 25.4 Å². The summed E-state index contributed by atoms with van der Waals surface area (Å²) in [6.07, 6.45) is 9.66. The van der Waals surface area contributed by atoms with Crippen LogP contribution in [0.1, 0.15) is 59.8 Å². The summed E-state index contributed by atoms with van der Waals surface area (Å²) >= 11 is 0. The van der Waals surface area contributed by atoms with Crippen LogP contribution in [0.5, 0.6) is 0 Å². The number of nitrogens with zero attached hydrogens (tertiary/aromatic N) is 7. The summed E-state index contributed by atoms with van der Waals surface area (Å²) in [7, 11) is 3.76. The number of hydrogen-bond acceptors (Lipinski definition) is 5. The lowest BCUT2D eigenvalue weighted by atomic mass is 9.98. The molecule has 1 saturated carbocycles. The minimum atomic E-state index is 0.124. The number of aromatic nitrogens is 5. The molecule has 6 rings (SSSR count). The highest BCUT2D eigenvalue weighted by molar-refractivity contribution is 6.16. The van der Waals surface area contributed by atoms with Gasteiger partial charge in [0.15, 0.2) is 0 Å². The number of hydrogen-bond donors (Lipinski definition) is 0. The predicted octanol–water partition coefficient (Wildman–Crippen LogP) is 2.66. The minimum absolute atomic E-state index is 0.124. The standard InChI is InChI=1S/C23H25N7O/c1-28-13-20-17(11-29(2)26-20)15-8-16-19(24-9-15)10-25-23(16)18-12-30(7-3-4-21(28)31)27-22(18)14-5-6-14/h8-9,11-12,14H,3-7,10,13H2,1-2H3. The first-order valence-electron chi connectivity index (χ1n) is 10.9. The minimum Gasteiger partial charge on any atom is -0.340 e. The first kappa shape index (κ1) is 18.5. The Morgan fingerprint density at radius 3 is 2.74 bits per heavy atom. The Morgan fingerprint density at radius 1 is 1.03 bits per heavy atom. The van der Waals surface area contributed by atoms with Crippen molar-refractivity contribution in [3.05, 3.63) is 52.9 Å². The van der Waals surface area contributed by atoms with Crippen LogP contribution < -0.4 is 0 Å². The molecule has 4 bridgehead atoms. The quantitative estimate of drug-likeness (QED) is 0.612. The van der Waals surface area contributed by atoms with Crippen molar-refractivity contribution in [2.75, 3.05) is 7.05 Å². The number of aryl methyl sites for hydroxylation is 2. The molecule has 2 aliphatic heterocycles. The van der Waals surface area contributed by atoms with E-state index in [2.05, 4.69) is 17.4 Å². The molecule has 8 nitrogen and oxygen atoms in total. The number of rotatable bonds is 1. The zero-order valence-corrected chi connectivity index (χ0v) is 17.9. The van der Waals surface area contributed by atoms with Crippen molar-refractivity contribution < 1.29 is 4.79 Å². The van der Waals surface area contributed by atoms with Crippen LogP contribution in [0.3, 0.4) is 0 Å². The highest BCUT2D eigenvalue weighted by atomic mass is 16.2. The van der Waals surface area contributed by atoms with Gasteiger partial charge in [0, 0.05) is 73.8 Å². The molecule has 5 heterocycles. The van der Waals surface area contributed by atoms with Crippen molar-refractivity contribution in [2.45, 2.75) is 51.2 Å². The predicted molar refractivity (Wildman–Crippen MR) is 116 cm³/mol. The Balaban J connectivity index is 1.51. The van der Waals surface area contributed by atoms with E-state index in [1.165, 1.54) is 12.8 Å². The third-order valence-electron chi connectivity index (χ3n) is 6.43. The highest BCUT2D eigenvalue weighted by Crippen LogP contribution is 2.42. The van der Waals surface area contributed by atoms with Crippen LogP contribution in [0.2, 0.25) is 0 Å². The molecule has 1 fully saturated rings. The van der Waals surface area contributed by atoms with E-state index < -0.39 is 0 Å². The Hall–Kier alpha value is -3.29. The first-order valence-corrected chi connectivity index (χ1v) is 10.9. The zero-order chi connectivity index (χ0) is 21.1. The lowest BCUT2D eigenvalue weighted by Gasteiger charge is -2.17. The second kappa shape index (κ2) is 6.87. The Morgan fingerprint density at radius 2 is 1.90 bits per heavy atom. The van der Waals surface area contributed by atoms with E-state index in [1.807, 2.05) is 35.9 Å². The number of fused-ring (bicyclic) bond motifs is 6. The van der Waals surface area contributed by atoms with Gasteiger partial charge < -0.3 is 4.90 Å². The van der Waals surface area contributed by atoms with E-state index in [4.69, 9.17) is 15.1 Å². The van der Waals surface area contributed by atoms with Gasteiger partial charge in [0.05, 0.1) is 35.9 Å². The Bertz CT molecular complexity index is 1230. The summed E-state index contributed by atoms with van der Waals surface area (Å²) < 4.78 is 3.81. The molecule has 3 aromatic rings. The van der Waals surface area contributed by atoms with Gasteiger partial charge in [-0.2, -0.15) is 10.2 Å². The fourth-order valence-electron chi connectivity index (χ4n) is 4.62. The van der Waals surface area contributed by atoms with Gasteiger partial charge in [-0.05, 0) is 25.3 Å². The number of carbonyl (C=O) groups excluding carboxylic acids is 1. The van der Waals surface area contributed by atoms with Crippen LogP contribution in [-0.2, 0) is 31.5 Å². The molecule has 0 spiro atoms. The molecule has 3 aromatic heterocycles. The molecule has 0 radical (unpaired) electrons. The normalized spacial score (nSPS) is 18.5. The summed E-state index contributed by atoms with van der Waals surface area (Å²) in [4.78, 5) is 24.1. The third-order valence-corrected chi connectivity index (χ3v) is 6.43. The maximum atomic E-state index is 12.7. The summed E-state index contributed by atoms with van der Waals surface area (Å²) in [6.45, 7) is 1.81. The van der Waals surface area contributed by atoms with E-state index in [0.717, 1.165) is 58.0 Å². The highest BCUT2D eigenvalue weighted by Gasteiger charge is 2.33. The molecule has 0 unspecified atom stereocenters. The first-order chi connectivity index (χ1) is 15.1. The van der Waals surface area contributed by atoms with Crippen molar-refractivity contribution in [3.63, 3.8) is 0 Å². The summed E-state index contributed by atoms with van der Waals surface area (Å²) in [5.74, 6) is 0.648. The lowest BCUT2D eigenvalue weighted by Crippen LogP contribution is -2.26. The maximum absolute atomic E-state index is 12.7. The number of aliphatic imine (C=N–C) groups is 1. The van der Waals surface area contributed by atoms with E-state index >= 15 is 0 Å². The van der Waals surface area contributed by atoms with E-state index in [9.17, 15) is 4.79 Å². The largest absolute Gasteiger partial charge is 0.340 e. The monoisotopic (exact) mass is 415 g/mol. The van der Waals surface area contributed by atoms with Crippen LogP contribution in [0.15, 0.2) is 29.6 Å². The van der Waals surface area contributed by atoms with Crippen LogP contribution in [0.4, 0.5) is 0 Å². The third kappa shape index (κ3) is 3.17. The van der Waals surface area contributed by atoms with Gasteiger partial charge in [0.1, 0.15) is 0 Å². The fraction of sp³-hybridized carbons (Fsp3) is 0.435. The Labute approximate surface area is 180 Å². The van der Waals surface area contributed by atoms with Crippen LogP contribution >= 0.6 is 0 Å². The molecule has 31 heavy (non-hydrogen) atoms. The molecule has 0 aromatic carbocycles. The number of carbonyl (C=O) groups is 1. The van der Waals surface area contributed by atoms with Gasteiger partial charge >= 0.3 is 0 Å². The summed E-state index contributed by atoms with van der Waals surface area (Å²) in [5.41, 5.74) is 8.29. The average Bonchev–Trinajstić information content (AvgIpc) is 3.21. The lowest BCUT2D eigenvalue weighted by molar-refractivity contribution is -0.130. The molecule has 158 valence electrons. The van der Waals surface area contributed by atoms with Crippen LogP contribution in [0.25, 0.3) is 11.1 Å². The number of pyridine rings is 1. The topological polar surface area (TPSA) is 81.2 Å². The molecule has 0 atom stereocenters. The van der Waals surface area contributed by atoms with E-state index in [1.54, 1.807) is 4.90 Å². The van der Waals surface area contributed by atoms with Crippen molar-refractivity contribution in [2.24, 2.45) is 12.0 Å². The molecule has 1 aliphatic carbocycles. The smallest absolute Gasteiger partial charge is 0.222 e. The van der Waals surface area contributed by atoms with Gasteiger partial charge in [-0.25, -0.2) is 0 Å². The van der Waals surface area contributed by atoms with Gasteiger partial charge in [-0.3, -0.25) is 24.1 Å². The van der Waals surface area contributed by atoms with E-state index in [-0.39, 0.29) is 5.91 Å². The zero-order valence-electron chi connectivity index (χ0n) is 17.9. The second-order valence-electron chi connectivity index (χ2n) is 8.86. The van der Waals surface area contributed by atoms with Gasteiger partial charge in [0.25, 0.3) is 0 Å². The number of amides is 1. The fourth-order valence-corrected chi connectivity index (χ4v) is 4.62. The molecule has 0 saturated heterocycles. The van der Waals surface area contributed by atoms with Crippen molar-refractivity contribution >= 4 is 11.6 Å². The van der Waals surface area contributed by atoms with Crippen LogP contribution in [0, 0.1) is 0 Å². The molecular formula is C23H25N7O. The second-order valence-corrected chi connectivity index (χ2v) is 8.86. The summed E-state index contributed by atoms with van der Waals surface area (Å²) in [5, 5.41) is 9.55. The molecule has 0 N–H and O–H groups in total.